The largest absolute Gasteiger partial charge is 0.491 e. The van der Waals surface area contributed by atoms with Gasteiger partial charge in [0.2, 0.25) is 5.95 Å². The first kappa shape index (κ1) is 23.1. The van der Waals surface area contributed by atoms with Gasteiger partial charge in [-0.1, -0.05) is 35.9 Å². The Morgan fingerprint density at radius 1 is 1.15 bits per heavy atom. The fraction of sp³-hybridized carbons (Fsp3) is 0.346. The van der Waals surface area contributed by atoms with Gasteiger partial charge in [-0.25, -0.2) is 14.8 Å². The highest BCUT2D eigenvalue weighted by Gasteiger charge is 2.29. The van der Waals surface area contributed by atoms with E-state index in [2.05, 4.69) is 9.88 Å². The lowest BCUT2D eigenvalue weighted by atomic mass is 10.0. The molecule has 0 saturated carbocycles. The van der Waals surface area contributed by atoms with Crippen molar-refractivity contribution >= 4 is 23.5 Å². The molecule has 1 fully saturated rings. The number of anilines is 1. The fourth-order valence-corrected chi connectivity index (χ4v) is 4.35. The van der Waals surface area contributed by atoms with Crippen LogP contribution in [-0.4, -0.2) is 33.7 Å². The van der Waals surface area contributed by atoms with Crippen molar-refractivity contribution in [3.63, 3.8) is 0 Å². The molecule has 1 aliphatic heterocycles. The number of halogens is 1. The lowest BCUT2D eigenvalue weighted by molar-refractivity contribution is 0.0694. The van der Waals surface area contributed by atoms with E-state index in [0.29, 0.717) is 29.5 Å². The van der Waals surface area contributed by atoms with Crippen LogP contribution >= 0.6 is 11.6 Å². The van der Waals surface area contributed by atoms with E-state index in [0.717, 1.165) is 36.3 Å². The second-order valence-corrected chi connectivity index (χ2v) is 8.99. The van der Waals surface area contributed by atoms with Crippen LogP contribution in [0.5, 0.6) is 5.75 Å². The first-order valence-corrected chi connectivity index (χ1v) is 11.7. The minimum absolute atomic E-state index is 0.121. The van der Waals surface area contributed by atoms with E-state index in [4.69, 9.17) is 21.3 Å². The molecule has 6 nitrogen and oxygen atoms in total. The minimum Gasteiger partial charge on any atom is -0.491 e. The number of ether oxygens (including phenoxy) is 1. The Kier molecular flexibility index (Phi) is 7.14. The number of aromatic carboxylic acids is 1. The molecular formula is C26H28ClN3O3. The summed E-state index contributed by atoms with van der Waals surface area (Å²) in [7, 11) is 0. The molecule has 0 aliphatic carbocycles. The number of aryl methyl sites for hydroxylation is 2. The van der Waals surface area contributed by atoms with Crippen molar-refractivity contribution in [2.24, 2.45) is 0 Å². The molecule has 1 aromatic heterocycles. The zero-order valence-electron chi connectivity index (χ0n) is 18.9. The first-order chi connectivity index (χ1) is 15.9. The number of nitrogens with zero attached hydrogens (tertiary/aromatic N) is 3. The van der Waals surface area contributed by atoms with Gasteiger partial charge in [-0.05, 0) is 74.9 Å². The molecule has 1 atom stereocenters. The molecule has 4 rings (SSSR count). The molecule has 0 amide bonds. The standard InChI is InChI=1S/C26H28ClN3O3/c1-17(2)33-21-12-5-18(6-13-21)7-14-23-22(25(31)32)16-28-26(29-23)30-15-3-4-24(30)19-8-10-20(27)11-9-19/h5-6,8-13,16-17,24H,3-4,7,14-15H2,1-2H3,(H,31,32)/t24-/m1/s1. The smallest absolute Gasteiger partial charge is 0.339 e. The molecule has 33 heavy (non-hydrogen) atoms. The number of carboxylic acids is 1. The number of carbonyl (C=O) groups is 1. The predicted octanol–water partition coefficient (Wildman–Crippen LogP) is 5.74. The molecule has 172 valence electrons. The summed E-state index contributed by atoms with van der Waals surface area (Å²) in [6.45, 7) is 4.81. The van der Waals surface area contributed by atoms with E-state index in [-0.39, 0.29) is 17.7 Å². The van der Waals surface area contributed by atoms with Crippen molar-refractivity contribution in [2.45, 2.75) is 51.7 Å². The van der Waals surface area contributed by atoms with Crippen molar-refractivity contribution in [3.05, 3.63) is 82.1 Å². The Hall–Kier alpha value is -3.12. The zero-order chi connectivity index (χ0) is 23.4. The normalized spacial score (nSPS) is 15.8. The Balaban J connectivity index is 1.54. The van der Waals surface area contributed by atoms with Gasteiger partial charge < -0.3 is 14.7 Å². The summed E-state index contributed by atoms with van der Waals surface area (Å²) in [5.74, 6) is 0.396. The summed E-state index contributed by atoms with van der Waals surface area (Å²) in [4.78, 5) is 23.1. The Morgan fingerprint density at radius 3 is 2.55 bits per heavy atom. The number of carboxylic acid groups (broad SMARTS) is 1. The molecule has 1 N–H and O–H groups in total. The lowest BCUT2D eigenvalue weighted by Gasteiger charge is -2.25. The second kappa shape index (κ2) is 10.2. The third-order valence-corrected chi connectivity index (χ3v) is 6.05. The SMILES string of the molecule is CC(C)Oc1ccc(CCc2nc(N3CCC[C@@H]3c3ccc(Cl)cc3)ncc2C(=O)O)cc1. The lowest BCUT2D eigenvalue weighted by Crippen LogP contribution is -2.25. The molecule has 0 radical (unpaired) electrons. The molecule has 7 heteroatoms. The fourth-order valence-electron chi connectivity index (χ4n) is 4.22. The van der Waals surface area contributed by atoms with Gasteiger partial charge in [0.1, 0.15) is 5.75 Å². The third-order valence-electron chi connectivity index (χ3n) is 5.80. The van der Waals surface area contributed by atoms with E-state index in [1.165, 1.54) is 6.20 Å². The highest BCUT2D eigenvalue weighted by molar-refractivity contribution is 6.30. The first-order valence-electron chi connectivity index (χ1n) is 11.3. The second-order valence-electron chi connectivity index (χ2n) is 8.55. The highest BCUT2D eigenvalue weighted by atomic mass is 35.5. The van der Waals surface area contributed by atoms with Crippen LogP contribution in [0.2, 0.25) is 5.02 Å². The molecule has 1 saturated heterocycles. The van der Waals surface area contributed by atoms with E-state index in [1.54, 1.807) is 0 Å². The van der Waals surface area contributed by atoms with Crippen LogP contribution in [0.25, 0.3) is 0 Å². The molecule has 0 unspecified atom stereocenters. The van der Waals surface area contributed by atoms with Crippen molar-refractivity contribution in [1.29, 1.82) is 0 Å². The monoisotopic (exact) mass is 465 g/mol. The maximum atomic E-state index is 11.8. The Morgan fingerprint density at radius 2 is 1.88 bits per heavy atom. The third kappa shape index (κ3) is 5.63. The molecule has 0 spiro atoms. The van der Waals surface area contributed by atoms with Gasteiger partial charge in [0.05, 0.1) is 23.4 Å². The van der Waals surface area contributed by atoms with Gasteiger partial charge in [0.15, 0.2) is 0 Å². The van der Waals surface area contributed by atoms with Crippen LogP contribution in [0, 0.1) is 0 Å². The van der Waals surface area contributed by atoms with E-state index >= 15 is 0 Å². The molecule has 3 aromatic rings. The summed E-state index contributed by atoms with van der Waals surface area (Å²) in [5.41, 5.74) is 2.97. The van der Waals surface area contributed by atoms with Crippen LogP contribution in [0.4, 0.5) is 5.95 Å². The zero-order valence-corrected chi connectivity index (χ0v) is 19.6. The van der Waals surface area contributed by atoms with Crippen LogP contribution in [0.15, 0.2) is 54.7 Å². The average Bonchev–Trinajstić information content (AvgIpc) is 3.28. The van der Waals surface area contributed by atoms with Crippen molar-refractivity contribution in [1.82, 2.24) is 9.97 Å². The molecule has 2 heterocycles. The highest BCUT2D eigenvalue weighted by Crippen LogP contribution is 2.35. The van der Waals surface area contributed by atoms with Crippen molar-refractivity contribution < 1.29 is 14.6 Å². The molecular weight excluding hydrogens is 438 g/mol. The van der Waals surface area contributed by atoms with Gasteiger partial charge in [-0.3, -0.25) is 0 Å². The number of aromatic nitrogens is 2. The van der Waals surface area contributed by atoms with Crippen molar-refractivity contribution in [3.8, 4) is 5.75 Å². The van der Waals surface area contributed by atoms with Gasteiger partial charge in [0.25, 0.3) is 0 Å². The molecule has 2 aromatic carbocycles. The number of rotatable bonds is 8. The number of hydrogen-bond donors (Lipinski definition) is 1. The Bertz CT molecular complexity index is 1100. The van der Waals surface area contributed by atoms with E-state index in [9.17, 15) is 9.90 Å². The van der Waals surface area contributed by atoms with Crippen LogP contribution in [-0.2, 0) is 12.8 Å². The van der Waals surface area contributed by atoms with E-state index < -0.39 is 5.97 Å². The van der Waals surface area contributed by atoms with Crippen LogP contribution < -0.4 is 9.64 Å². The summed E-state index contributed by atoms with van der Waals surface area (Å²) < 4.78 is 5.70. The maximum Gasteiger partial charge on any atom is 0.339 e. The maximum absolute atomic E-state index is 11.8. The summed E-state index contributed by atoms with van der Waals surface area (Å²) in [5, 5.41) is 10.4. The predicted molar refractivity (Wildman–Crippen MR) is 129 cm³/mol. The topological polar surface area (TPSA) is 75.5 Å². The summed E-state index contributed by atoms with van der Waals surface area (Å²) in [6.07, 6.45) is 4.77. The Labute approximate surface area is 199 Å². The molecule has 1 aliphatic rings. The van der Waals surface area contributed by atoms with Gasteiger partial charge in [0, 0.05) is 17.8 Å². The van der Waals surface area contributed by atoms with E-state index in [1.807, 2.05) is 62.4 Å². The average molecular weight is 466 g/mol. The van der Waals surface area contributed by atoms with Gasteiger partial charge >= 0.3 is 5.97 Å². The van der Waals surface area contributed by atoms with Gasteiger partial charge in [-0.15, -0.1) is 0 Å². The number of hydrogen-bond acceptors (Lipinski definition) is 5. The van der Waals surface area contributed by atoms with Gasteiger partial charge in [-0.2, -0.15) is 0 Å². The number of benzene rings is 2. The summed E-state index contributed by atoms with van der Waals surface area (Å²) >= 11 is 6.05. The molecule has 0 bridgehead atoms. The summed E-state index contributed by atoms with van der Waals surface area (Å²) in [6, 6.07) is 15.9. The quantitative estimate of drug-likeness (QED) is 0.457. The van der Waals surface area contributed by atoms with Crippen LogP contribution in [0.3, 0.4) is 0 Å². The van der Waals surface area contributed by atoms with Crippen LogP contribution in [0.1, 0.15) is 59.9 Å². The minimum atomic E-state index is -1.01. The van der Waals surface area contributed by atoms with Crippen molar-refractivity contribution in [2.75, 3.05) is 11.4 Å².